The Morgan fingerprint density at radius 2 is 1.95 bits per heavy atom. The van der Waals surface area contributed by atoms with Crippen molar-refractivity contribution in [2.45, 2.75) is 13.5 Å². The molecule has 0 bridgehead atoms. The maximum absolute atomic E-state index is 11.7. The first kappa shape index (κ1) is 13.9. The summed E-state index contributed by atoms with van der Waals surface area (Å²) in [5.41, 5.74) is 2.58. The molecule has 0 atom stereocenters. The van der Waals surface area contributed by atoms with E-state index >= 15 is 0 Å². The van der Waals surface area contributed by atoms with Crippen LogP contribution in [0.25, 0.3) is 0 Å². The molecule has 0 fully saturated rings. The molecular formula is C15H16N2O3. The smallest absolute Gasteiger partial charge is 0.254 e. The highest BCUT2D eigenvalue weighted by Gasteiger charge is 2.08. The molecule has 20 heavy (non-hydrogen) atoms. The van der Waals surface area contributed by atoms with E-state index in [1.807, 2.05) is 31.2 Å². The fourth-order valence-corrected chi connectivity index (χ4v) is 1.72. The van der Waals surface area contributed by atoms with Crippen molar-refractivity contribution in [2.24, 2.45) is 0 Å². The first-order valence-electron chi connectivity index (χ1n) is 6.28. The third kappa shape index (κ3) is 3.71. The van der Waals surface area contributed by atoms with E-state index in [0.29, 0.717) is 12.1 Å². The highest BCUT2D eigenvalue weighted by atomic mass is 16.3. The number of nitrogens with one attached hydrogen (secondary N) is 2. The van der Waals surface area contributed by atoms with Crippen LogP contribution in [0, 0.1) is 6.92 Å². The Hall–Kier alpha value is -2.56. The molecule has 1 aromatic heterocycles. The summed E-state index contributed by atoms with van der Waals surface area (Å²) in [5.74, 6) is -0.560. The van der Waals surface area contributed by atoms with Gasteiger partial charge in [-0.25, -0.2) is 0 Å². The zero-order valence-corrected chi connectivity index (χ0v) is 11.2. The molecule has 104 valence electrons. The van der Waals surface area contributed by atoms with Gasteiger partial charge in [-0.2, -0.15) is 0 Å². The van der Waals surface area contributed by atoms with Crippen LogP contribution in [0.1, 0.15) is 21.5 Å². The minimum absolute atomic E-state index is 0.0596. The summed E-state index contributed by atoms with van der Waals surface area (Å²) in [7, 11) is 0. The van der Waals surface area contributed by atoms with Crippen molar-refractivity contribution in [1.29, 1.82) is 0 Å². The van der Waals surface area contributed by atoms with Crippen molar-refractivity contribution in [2.75, 3.05) is 6.54 Å². The van der Waals surface area contributed by atoms with Crippen LogP contribution in [0.5, 0.6) is 0 Å². The molecule has 5 nitrogen and oxygen atoms in total. The van der Waals surface area contributed by atoms with Gasteiger partial charge in [-0.05, 0) is 24.1 Å². The third-order valence-electron chi connectivity index (χ3n) is 2.93. The zero-order chi connectivity index (χ0) is 14.4. The molecule has 2 aromatic rings. The molecule has 0 saturated heterocycles. The van der Waals surface area contributed by atoms with E-state index in [1.54, 1.807) is 6.07 Å². The van der Waals surface area contributed by atoms with E-state index in [2.05, 4.69) is 10.6 Å². The van der Waals surface area contributed by atoms with Gasteiger partial charge in [-0.3, -0.25) is 9.59 Å². The number of hydrogen-bond acceptors (Lipinski definition) is 3. The largest absolute Gasteiger partial charge is 0.472 e. The van der Waals surface area contributed by atoms with Crippen molar-refractivity contribution >= 4 is 11.8 Å². The maximum Gasteiger partial charge on any atom is 0.254 e. The van der Waals surface area contributed by atoms with E-state index < -0.39 is 0 Å². The number of furan rings is 1. The van der Waals surface area contributed by atoms with Gasteiger partial charge in [0.25, 0.3) is 5.91 Å². The first-order chi connectivity index (χ1) is 9.66. The Bertz CT molecular complexity index is 591. The molecule has 0 saturated carbocycles. The van der Waals surface area contributed by atoms with E-state index in [9.17, 15) is 9.59 Å². The predicted molar refractivity (Wildman–Crippen MR) is 74.1 cm³/mol. The van der Waals surface area contributed by atoms with Gasteiger partial charge < -0.3 is 15.1 Å². The molecule has 0 aliphatic rings. The van der Waals surface area contributed by atoms with Gasteiger partial charge in [-0.15, -0.1) is 0 Å². The second-order valence-corrected chi connectivity index (χ2v) is 4.40. The molecule has 2 rings (SSSR count). The summed E-state index contributed by atoms with van der Waals surface area (Å²) in [6, 6.07) is 9.36. The fourth-order valence-electron chi connectivity index (χ4n) is 1.72. The summed E-state index contributed by atoms with van der Waals surface area (Å²) in [6.45, 7) is 2.38. The van der Waals surface area contributed by atoms with Crippen molar-refractivity contribution in [1.82, 2.24) is 10.6 Å². The normalized spacial score (nSPS) is 10.1. The van der Waals surface area contributed by atoms with E-state index in [0.717, 1.165) is 11.1 Å². The van der Waals surface area contributed by atoms with Gasteiger partial charge in [-0.1, -0.05) is 24.3 Å². The van der Waals surface area contributed by atoms with Crippen LogP contribution in [-0.4, -0.2) is 18.4 Å². The lowest BCUT2D eigenvalue weighted by molar-refractivity contribution is -0.120. The van der Waals surface area contributed by atoms with Crippen LogP contribution in [0.3, 0.4) is 0 Å². The lowest BCUT2D eigenvalue weighted by Gasteiger charge is -2.08. The van der Waals surface area contributed by atoms with Crippen LogP contribution in [0.4, 0.5) is 0 Å². The summed E-state index contributed by atoms with van der Waals surface area (Å²) >= 11 is 0. The minimum atomic E-state index is -0.329. The summed E-state index contributed by atoms with van der Waals surface area (Å²) < 4.78 is 4.80. The highest BCUT2D eigenvalue weighted by molar-refractivity contribution is 5.96. The summed E-state index contributed by atoms with van der Waals surface area (Å²) in [6.07, 6.45) is 2.74. The lowest BCUT2D eigenvalue weighted by atomic mass is 10.1. The van der Waals surface area contributed by atoms with Crippen molar-refractivity contribution in [3.05, 3.63) is 59.5 Å². The molecule has 0 radical (unpaired) electrons. The molecule has 0 aliphatic heterocycles. The summed E-state index contributed by atoms with van der Waals surface area (Å²) in [4.78, 5) is 23.2. The molecule has 2 amide bonds. The van der Waals surface area contributed by atoms with Crippen LogP contribution in [0.2, 0.25) is 0 Å². The molecule has 5 heteroatoms. The number of hydrogen-bond donors (Lipinski definition) is 2. The van der Waals surface area contributed by atoms with Crippen LogP contribution < -0.4 is 10.6 Å². The van der Waals surface area contributed by atoms with Crippen LogP contribution >= 0.6 is 0 Å². The van der Waals surface area contributed by atoms with E-state index in [1.165, 1.54) is 12.5 Å². The third-order valence-corrected chi connectivity index (χ3v) is 2.93. The van der Waals surface area contributed by atoms with E-state index in [-0.39, 0.29) is 18.4 Å². The van der Waals surface area contributed by atoms with Crippen LogP contribution in [0.15, 0.2) is 47.3 Å². The SMILES string of the molecule is Cc1ccccc1CNC(=O)CNC(=O)c1ccoc1. The number of carbonyl (C=O) groups excluding carboxylic acids is 2. The quantitative estimate of drug-likeness (QED) is 0.869. The molecule has 0 unspecified atom stereocenters. The van der Waals surface area contributed by atoms with Crippen molar-refractivity contribution in [3.63, 3.8) is 0 Å². The van der Waals surface area contributed by atoms with E-state index in [4.69, 9.17) is 4.42 Å². The second-order valence-electron chi connectivity index (χ2n) is 4.40. The number of amides is 2. The Labute approximate surface area is 117 Å². The number of aryl methyl sites for hydroxylation is 1. The van der Waals surface area contributed by atoms with Crippen LogP contribution in [-0.2, 0) is 11.3 Å². The maximum atomic E-state index is 11.7. The molecule has 2 N–H and O–H groups in total. The first-order valence-corrected chi connectivity index (χ1v) is 6.28. The van der Waals surface area contributed by atoms with Gasteiger partial charge in [0.15, 0.2) is 0 Å². The molecule has 0 spiro atoms. The van der Waals surface area contributed by atoms with Gasteiger partial charge in [0.2, 0.25) is 5.91 Å². The predicted octanol–water partition coefficient (Wildman–Crippen LogP) is 1.63. The number of carbonyl (C=O) groups is 2. The minimum Gasteiger partial charge on any atom is -0.472 e. The van der Waals surface area contributed by atoms with Crippen molar-refractivity contribution in [3.8, 4) is 0 Å². The number of benzene rings is 1. The van der Waals surface area contributed by atoms with Gasteiger partial charge in [0.05, 0.1) is 18.4 Å². The average molecular weight is 272 g/mol. The molecule has 0 aliphatic carbocycles. The topological polar surface area (TPSA) is 71.3 Å². The zero-order valence-electron chi connectivity index (χ0n) is 11.2. The van der Waals surface area contributed by atoms with Gasteiger partial charge in [0.1, 0.15) is 6.26 Å². The Kier molecular flexibility index (Phi) is 4.55. The Balaban J connectivity index is 1.76. The van der Waals surface area contributed by atoms with Crippen molar-refractivity contribution < 1.29 is 14.0 Å². The standard InChI is InChI=1S/C15H16N2O3/c1-11-4-2-3-5-12(11)8-16-14(18)9-17-15(19)13-6-7-20-10-13/h2-7,10H,8-9H2,1H3,(H,16,18)(H,17,19). The second kappa shape index (κ2) is 6.56. The summed E-state index contributed by atoms with van der Waals surface area (Å²) in [5, 5.41) is 5.29. The van der Waals surface area contributed by atoms with Gasteiger partial charge >= 0.3 is 0 Å². The van der Waals surface area contributed by atoms with Gasteiger partial charge in [0, 0.05) is 6.54 Å². The Morgan fingerprint density at radius 3 is 2.65 bits per heavy atom. The average Bonchev–Trinajstić information content (AvgIpc) is 2.98. The molecular weight excluding hydrogens is 256 g/mol. The molecule has 1 aromatic carbocycles. The fraction of sp³-hybridized carbons (Fsp3) is 0.200. The number of rotatable bonds is 5. The monoisotopic (exact) mass is 272 g/mol. The lowest BCUT2D eigenvalue weighted by Crippen LogP contribution is -2.36. The Morgan fingerprint density at radius 1 is 1.15 bits per heavy atom. The highest BCUT2D eigenvalue weighted by Crippen LogP contribution is 2.05. The molecule has 1 heterocycles.